The lowest BCUT2D eigenvalue weighted by Gasteiger charge is -2.08. The number of anilines is 1. The Balaban J connectivity index is 1.77. The summed E-state index contributed by atoms with van der Waals surface area (Å²) in [5, 5.41) is 2.80. The average molecular weight is 335 g/mol. The maximum atomic E-state index is 11.9. The van der Waals surface area contributed by atoms with Gasteiger partial charge in [0.1, 0.15) is 12.4 Å². The fourth-order valence-electron chi connectivity index (χ4n) is 1.64. The molecule has 0 aliphatic rings. The van der Waals surface area contributed by atoms with Crippen LogP contribution in [0, 0.1) is 0 Å². The van der Waals surface area contributed by atoms with Crippen LogP contribution in [0.3, 0.4) is 0 Å². The van der Waals surface area contributed by atoms with Gasteiger partial charge in [0.2, 0.25) is 0 Å². The molecule has 0 unspecified atom stereocenters. The molecule has 1 amide bonds. The van der Waals surface area contributed by atoms with E-state index in [0.717, 1.165) is 10.2 Å². The normalized spacial score (nSPS) is 10.1. The Morgan fingerprint density at radius 2 is 1.85 bits per heavy atom. The van der Waals surface area contributed by atoms with Gasteiger partial charge in [-0.2, -0.15) is 0 Å². The van der Waals surface area contributed by atoms with E-state index in [1.807, 2.05) is 18.2 Å². The van der Waals surface area contributed by atoms with Crippen molar-refractivity contribution in [2.75, 3.05) is 18.9 Å². The highest BCUT2D eigenvalue weighted by atomic mass is 79.9. The lowest BCUT2D eigenvalue weighted by Crippen LogP contribution is -2.28. The number of hydrogen-bond donors (Lipinski definition) is 2. The first-order chi connectivity index (χ1) is 9.66. The van der Waals surface area contributed by atoms with Crippen molar-refractivity contribution >= 4 is 27.5 Å². The van der Waals surface area contributed by atoms with Crippen molar-refractivity contribution in [1.82, 2.24) is 5.32 Å². The van der Waals surface area contributed by atoms with Gasteiger partial charge < -0.3 is 15.8 Å². The van der Waals surface area contributed by atoms with Gasteiger partial charge in [0.05, 0.1) is 12.1 Å². The third-order valence-corrected chi connectivity index (χ3v) is 3.35. The molecule has 0 heterocycles. The molecule has 104 valence electrons. The number of rotatable bonds is 5. The number of ether oxygens (including phenoxy) is 1. The van der Waals surface area contributed by atoms with Gasteiger partial charge >= 0.3 is 0 Å². The van der Waals surface area contributed by atoms with E-state index in [0.29, 0.717) is 24.4 Å². The molecule has 0 aliphatic carbocycles. The second-order valence-electron chi connectivity index (χ2n) is 4.15. The lowest BCUT2D eigenvalue weighted by molar-refractivity contribution is 0.0946. The molecule has 20 heavy (non-hydrogen) atoms. The molecule has 0 aromatic heterocycles. The number of benzene rings is 2. The molecule has 5 heteroatoms. The highest BCUT2D eigenvalue weighted by Crippen LogP contribution is 2.15. The van der Waals surface area contributed by atoms with Crippen LogP contribution in [0.4, 0.5) is 5.69 Å². The van der Waals surface area contributed by atoms with E-state index >= 15 is 0 Å². The Morgan fingerprint density at radius 3 is 2.55 bits per heavy atom. The van der Waals surface area contributed by atoms with E-state index in [-0.39, 0.29) is 5.91 Å². The number of nitrogens with two attached hydrogens (primary N) is 1. The van der Waals surface area contributed by atoms with Crippen LogP contribution >= 0.6 is 15.9 Å². The summed E-state index contributed by atoms with van der Waals surface area (Å²) >= 11 is 3.35. The van der Waals surface area contributed by atoms with Gasteiger partial charge in [0.25, 0.3) is 5.91 Å². The van der Waals surface area contributed by atoms with Gasteiger partial charge in [-0.15, -0.1) is 0 Å². The Morgan fingerprint density at radius 1 is 1.15 bits per heavy atom. The van der Waals surface area contributed by atoms with Crippen molar-refractivity contribution in [2.45, 2.75) is 0 Å². The highest BCUT2D eigenvalue weighted by Gasteiger charge is 2.07. The first-order valence-electron chi connectivity index (χ1n) is 6.18. The SMILES string of the molecule is Nc1ccc(OCCNC(=O)c2ccccc2Br)cc1. The van der Waals surface area contributed by atoms with Gasteiger partial charge in [-0.05, 0) is 52.3 Å². The molecular formula is C15H15BrN2O2. The summed E-state index contributed by atoms with van der Waals surface area (Å²) in [5.41, 5.74) is 6.89. The fraction of sp³-hybridized carbons (Fsp3) is 0.133. The molecule has 0 saturated heterocycles. The molecule has 0 atom stereocenters. The summed E-state index contributed by atoms with van der Waals surface area (Å²) < 4.78 is 6.27. The first-order valence-corrected chi connectivity index (χ1v) is 6.97. The molecule has 4 nitrogen and oxygen atoms in total. The Bertz CT molecular complexity index is 585. The van der Waals surface area contributed by atoms with Crippen LogP contribution < -0.4 is 15.8 Å². The third kappa shape index (κ3) is 3.99. The van der Waals surface area contributed by atoms with E-state index in [1.54, 1.807) is 30.3 Å². The summed E-state index contributed by atoms with van der Waals surface area (Å²) in [6.45, 7) is 0.838. The van der Waals surface area contributed by atoms with Gasteiger partial charge in [0.15, 0.2) is 0 Å². The largest absolute Gasteiger partial charge is 0.492 e. The van der Waals surface area contributed by atoms with E-state index < -0.39 is 0 Å². The van der Waals surface area contributed by atoms with Crippen molar-refractivity contribution in [3.8, 4) is 5.75 Å². The second-order valence-corrected chi connectivity index (χ2v) is 5.01. The van der Waals surface area contributed by atoms with Crippen LogP contribution in [0.1, 0.15) is 10.4 Å². The van der Waals surface area contributed by atoms with Gasteiger partial charge in [-0.3, -0.25) is 4.79 Å². The van der Waals surface area contributed by atoms with Crippen molar-refractivity contribution in [2.24, 2.45) is 0 Å². The minimum absolute atomic E-state index is 0.126. The Hall–Kier alpha value is -2.01. The van der Waals surface area contributed by atoms with Crippen molar-refractivity contribution in [1.29, 1.82) is 0 Å². The molecule has 0 radical (unpaired) electrons. The smallest absolute Gasteiger partial charge is 0.252 e. The Labute approximate surface area is 126 Å². The maximum absolute atomic E-state index is 11.9. The van der Waals surface area contributed by atoms with Crippen LogP contribution in [0.5, 0.6) is 5.75 Å². The topological polar surface area (TPSA) is 64.3 Å². The van der Waals surface area contributed by atoms with Crippen molar-refractivity contribution in [3.63, 3.8) is 0 Å². The zero-order valence-corrected chi connectivity index (χ0v) is 12.4. The number of nitrogen functional groups attached to an aromatic ring is 1. The zero-order chi connectivity index (χ0) is 14.4. The minimum Gasteiger partial charge on any atom is -0.492 e. The highest BCUT2D eigenvalue weighted by molar-refractivity contribution is 9.10. The standard InChI is InChI=1S/C15H15BrN2O2/c16-14-4-2-1-3-13(14)15(19)18-9-10-20-12-7-5-11(17)6-8-12/h1-8H,9-10,17H2,(H,18,19). The summed E-state index contributed by atoms with van der Waals surface area (Å²) in [6, 6.07) is 14.4. The molecule has 2 aromatic rings. The van der Waals surface area contributed by atoms with Crippen molar-refractivity contribution in [3.05, 3.63) is 58.6 Å². The molecule has 3 N–H and O–H groups in total. The number of halogens is 1. The average Bonchev–Trinajstić information content (AvgIpc) is 2.46. The van der Waals surface area contributed by atoms with E-state index in [1.165, 1.54) is 0 Å². The number of amides is 1. The van der Waals surface area contributed by atoms with Gasteiger partial charge in [-0.1, -0.05) is 12.1 Å². The number of nitrogens with one attached hydrogen (secondary N) is 1. The summed E-state index contributed by atoms with van der Waals surface area (Å²) in [4.78, 5) is 11.9. The van der Waals surface area contributed by atoms with E-state index in [9.17, 15) is 4.79 Å². The molecule has 0 fully saturated rings. The molecule has 0 saturated carbocycles. The molecule has 0 bridgehead atoms. The minimum atomic E-state index is -0.126. The molecule has 0 spiro atoms. The van der Waals surface area contributed by atoms with Crippen molar-refractivity contribution < 1.29 is 9.53 Å². The predicted molar refractivity (Wildman–Crippen MR) is 82.8 cm³/mol. The number of carbonyl (C=O) groups is 1. The Kier molecular flexibility index (Phi) is 5.01. The van der Waals surface area contributed by atoms with Gasteiger partial charge in [-0.25, -0.2) is 0 Å². The van der Waals surface area contributed by atoms with Crippen LogP contribution in [0.15, 0.2) is 53.0 Å². The van der Waals surface area contributed by atoms with Crippen LogP contribution in [-0.4, -0.2) is 19.1 Å². The fourth-order valence-corrected chi connectivity index (χ4v) is 2.10. The van der Waals surface area contributed by atoms with E-state index in [4.69, 9.17) is 10.5 Å². The van der Waals surface area contributed by atoms with E-state index in [2.05, 4.69) is 21.2 Å². The molecule has 2 aromatic carbocycles. The lowest BCUT2D eigenvalue weighted by atomic mass is 10.2. The van der Waals surface area contributed by atoms with Crippen LogP contribution in [-0.2, 0) is 0 Å². The number of hydrogen-bond acceptors (Lipinski definition) is 3. The summed E-state index contributed by atoms with van der Waals surface area (Å²) in [7, 11) is 0. The molecular weight excluding hydrogens is 320 g/mol. The van der Waals surface area contributed by atoms with Crippen LogP contribution in [0.25, 0.3) is 0 Å². The second kappa shape index (κ2) is 6.96. The van der Waals surface area contributed by atoms with Gasteiger partial charge in [0, 0.05) is 10.2 Å². The summed E-state index contributed by atoms with van der Waals surface area (Å²) in [6.07, 6.45) is 0. The first kappa shape index (κ1) is 14.4. The van der Waals surface area contributed by atoms with Crippen LogP contribution in [0.2, 0.25) is 0 Å². The zero-order valence-electron chi connectivity index (χ0n) is 10.8. The molecule has 2 rings (SSSR count). The molecule has 0 aliphatic heterocycles. The number of carbonyl (C=O) groups excluding carboxylic acids is 1. The summed E-state index contributed by atoms with van der Waals surface area (Å²) in [5.74, 6) is 0.604. The third-order valence-electron chi connectivity index (χ3n) is 2.65. The predicted octanol–water partition coefficient (Wildman–Crippen LogP) is 2.84. The monoisotopic (exact) mass is 334 g/mol. The maximum Gasteiger partial charge on any atom is 0.252 e. The quantitative estimate of drug-likeness (QED) is 0.652.